The molecule has 0 saturated carbocycles. The number of piperidine rings is 1. The molecule has 1 fully saturated rings. The first kappa shape index (κ1) is 23.9. The van der Waals surface area contributed by atoms with Crippen LogP contribution >= 0.6 is 15.9 Å². The van der Waals surface area contributed by atoms with Gasteiger partial charge in [0.2, 0.25) is 5.88 Å². The van der Waals surface area contributed by atoms with E-state index in [2.05, 4.69) is 36.2 Å². The predicted octanol–water partition coefficient (Wildman–Crippen LogP) is 5.22. The summed E-state index contributed by atoms with van der Waals surface area (Å²) in [7, 11) is 1.59. The molecule has 0 atom stereocenters. The molecule has 1 N–H and O–H groups in total. The lowest BCUT2D eigenvalue weighted by Gasteiger charge is -2.27. The molecule has 1 aromatic heterocycles. The van der Waals surface area contributed by atoms with Crippen molar-refractivity contribution < 1.29 is 19.5 Å². The van der Waals surface area contributed by atoms with Crippen LogP contribution in [0.25, 0.3) is 10.9 Å². The zero-order chi connectivity index (χ0) is 23.9. The maximum atomic E-state index is 12.2. The first-order chi connectivity index (χ1) is 16.5. The summed E-state index contributed by atoms with van der Waals surface area (Å²) in [5.41, 5.74) is 1.88. The van der Waals surface area contributed by atoms with Gasteiger partial charge in [-0.15, -0.1) is 10.2 Å². The van der Waals surface area contributed by atoms with E-state index in [9.17, 15) is 9.90 Å². The van der Waals surface area contributed by atoms with Crippen LogP contribution in [0.4, 0.5) is 5.69 Å². The fourth-order valence-electron chi connectivity index (χ4n) is 3.85. The third kappa shape index (κ3) is 5.81. The van der Waals surface area contributed by atoms with Crippen molar-refractivity contribution >= 4 is 44.6 Å². The molecule has 3 aromatic rings. The average Bonchev–Trinajstić information content (AvgIpc) is 3.11. The Hall–Kier alpha value is -3.24. The molecule has 1 saturated heterocycles. The topological polar surface area (TPSA) is 101 Å². The average molecular weight is 528 g/mol. The van der Waals surface area contributed by atoms with Gasteiger partial charge >= 0.3 is 5.91 Å². The number of carbonyl (C=O) groups is 1. The molecule has 0 aliphatic carbocycles. The molecule has 34 heavy (non-hydrogen) atoms. The summed E-state index contributed by atoms with van der Waals surface area (Å²) in [6.45, 7) is 2.16. The highest BCUT2D eigenvalue weighted by Crippen LogP contribution is 2.40. The maximum absolute atomic E-state index is 12.2. The van der Waals surface area contributed by atoms with Gasteiger partial charge in [-0.05, 0) is 74.0 Å². The van der Waals surface area contributed by atoms with Crippen molar-refractivity contribution in [2.24, 2.45) is 15.4 Å². The summed E-state index contributed by atoms with van der Waals surface area (Å²) in [6, 6.07) is 12.9. The number of aromatic hydroxyl groups is 1. The van der Waals surface area contributed by atoms with Gasteiger partial charge in [-0.25, -0.2) is 0 Å². The van der Waals surface area contributed by atoms with Crippen LogP contribution in [0.3, 0.4) is 0 Å². The highest BCUT2D eigenvalue weighted by molar-refractivity contribution is 9.10. The van der Waals surface area contributed by atoms with E-state index in [-0.39, 0.29) is 18.2 Å². The SMILES string of the molecule is COc1ccc(/C=N/OCC(=O)N=Nc2c(O)n(CN3CCCCC3)c3ccc(Br)cc23)cc1. The van der Waals surface area contributed by atoms with Gasteiger partial charge in [0.1, 0.15) is 5.75 Å². The number of hydrogen-bond donors (Lipinski definition) is 1. The van der Waals surface area contributed by atoms with E-state index in [4.69, 9.17) is 9.57 Å². The van der Waals surface area contributed by atoms with Gasteiger partial charge in [-0.3, -0.25) is 14.3 Å². The molecule has 0 radical (unpaired) electrons. The Bertz CT molecular complexity index is 1200. The number of nitrogens with zero attached hydrogens (tertiary/aromatic N) is 5. The number of aromatic nitrogens is 1. The van der Waals surface area contributed by atoms with E-state index in [1.165, 1.54) is 12.6 Å². The van der Waals surface area contributed by atoms with Crippen molar-refractivity contribution in [2.45, 2.75) is 25.9 Å². The van der Waals surface area contributed by atoms with Crippen LogP contribution < -0.4 is 4.74 Å². The molecule has 1 amide bonds. The number of rotatable bonds is 8. The molecule has 0 spiro atoms. The Morgan fingerprint density at radius 1 is 1.15 bits per heavy atom. The van der Waals surface area contributed by atoms with Crippen molar-refractivity contribution in [1.82, 2.24) is 9.47 Å². The minimum absolute atomic E-state index is 0.0198. The number of halogens is 1. The monoisotopic (exact) mass is 527 g/mol. The number of oxime groups is 1. The van der Waals surface area contributed by atoms with Crippen LogP contribution in [0.1, 0.15) is 24.8 Å². The lowest BCUT2D eigenvalue weighted by molar-refractivity contribution is -0.122. The molecule has 1 aliphatic rings. The van der Waals surface area contributed by atoms with Crippen LogP contribution in [0.2, 0.25) is 0 Å². The van der Waals surface area contributed by atoms with Crippen molar-refractivity contribution in [3.63, 3.8) is 0 Å². The van der Waals surface area contributed by atoms with E-state index in [1.807, 2.05) is 34.9 Å². The summed E-state index contributed by atoms with van der Waals surface area (Å²) in [4.78, 5) is 19.5. The quantitative estimate of drug-likeness (QED) is 0.245. The third-order valence-corrected chi connectivity index (χ3v) is 6.10. The molecule has 9 nitrogen and oxygen atoms in total. The smallest absolute Gasteiger partial charge is 0.304 e. The number of hydrogen-bond acceptors (Lipinski definition) is 7. The second-order valence-corrected chi connectivity index (χ2v) is 8.87. The minimum atomic E-state index is -0.613. The Kier molecular flexibility index (Phi) is 7.91. The van der Waals surface area contributed by atoms with Crippen LogP contribution in [-0.2, 0) is 16.3 Å². The molecule has 1 aliphatic heterocycles. The predicted molar refractivity (Wildman–Crippen MR) is 133 cm³/mol. The van der Waals surface area contributed by atoms with Crippen molar-refractivity contribution in [2.75, 3.05) is 26.8 Å². The number of ether oxygens (including phenoxy) is 1. The Morgan fingerprint density at radius 3 is 2.65 bits per heavy atom. The molecule has 2 aromatic carbocycles. The summed E-state index contributed by atoms with van der Waals surface area (Å²) in [6.07, 6.45) is 5.01. The van der Waals surface area contributed by atoms with E-state index in [0.717, 1.165) is 47.2 Å². The van der Waals surface area contributed by atoms with Gasteiger partial charge in [0.25, 0.3) is 0 Å². The first-order valence-corrected chi connectivity index (χ1v) is 11.8. The fourth-order valence-corrected chi connectivity index (χ4v) is 4.21. The Morgan fingerprint density at radius 2 is 1.91 bits per heavy atom. The maximum Gasteiger partial charge on any atom is 0.304 e. The standard InChI is InChI=1S/C24H26BrN5O4/c1-33-19-8-5-17(6-9-19)14-26-34-15-22(31)27-28-23-20-13-18(25)7-10-21(20)30(24(23)32)16-29-11-3-2-4-12-29/h5-10,13-14,32H,2-4,11-12,15-16H2,1H3/b26-14+,28-27?. The molecule has 4 rings (SSSR count). The van der Waals surface area contributed by atoms with Crippen LogP contribution in [0, 0.1) is 0 Å². The third-order valence-electron chi connectivity index (χ3n) is 5.60. The Balaban J connectivity index is 1.44. The van der Waals surface area contributed by atoms with Crippen molar-refractivity contribution in [3.05, 3.63) is 52.5 Å². The highest BCUT2D eigenvalue weighted by atomic mass is 79.9. The van der Waals surface area contributed by atoms with Crippen LogP contribution in [0.5, 0.6) is 11.6 Å². The summed E-state index contributed by atoms with van der Waals surface area (Å²) in [5, 5.41) is 23.2. The fraction of sp³-hybridized carbons (Fsp3) is 0.333. The molecular formula is C24H26BrN5O4. The summed E-state index contributed by atoms with van der Waals surface area (Å²) >= 11 is 3.46. The summed E-state index contributed by atoms with van der Waals surface area (Å²) < 4.78 is 7.75. The summed E-state index contributed by atoms with van der Waals surface area (Å²) in [5.74, 6) is 0.105. The van der Waals surface area contributed by atoms with E-state index < -0.39 is 5.91 Å². The van der Waals surface area contributed by atoms with E-state index >= 15 is 0 Å². The normalized spacial score (nSPS) is 14.9. The van der Waals surface area contributed by atoms with Gasteiger partial charge < -0.3 is 14.7 Å². The molecule has 0 unspecified atom stereocenters. The number of amides is 1. The number of methoxy groups -OCH3 is 1. The molecular weight excluding hydrogens is 502 g/mol. The first-order valence-electron chi connectivity index (χ1n) is 11.0. The molecule has 10 heteroatoms. The van der Waals surface area contributed by atoms with Gasteiger partial charge in [0.15, 0.2) is 12.3 Å². The molecule has 0 bridgehead atoms. The number of benzene rings is 2. The molecule has 178 valence electrons. The number of fused-ring (bicyclic) bond motifs is 1. The van der Waals surface area contributed by atoms with E-state index in [0.29, 0.717) is 12.1 Å². The van der Waals surface area contributed by atoms with Gasteiger partial charge in [-0.1, -0.05) is 27.5 Å². The lowest BCUT2D eigenvalue weighted by atomic mass is 10.1. The Labute approximate surface area is 205 Å². The zero-order valence-electron chi connectivity index (χ0n) is 18.9. The van der Waals surface area contributed by atoms with Crippen LogP contribution in [-0.4, -0.2) is 53.5 Å². The van der Waals surface area contributed by atoms with Crippen molar-refractivity contribution in [1.29, 1.82) is 0 Å². The van der Waals surface area contributed by atoms with Gasteiger partial charge in [0, 0.05) is 9.86 Å². The second kappa shape index (κ2) is 11.3. The van der Waals surface area contributed by atoms with Crippen LogP contribution in [0.15, 0.2) is 62.3 Å². The number of likely N-dealkylation sites (tertiary alicyclic amines) is 1. The minimum Gasteiger partial charge on any atom is -0.497 e. The van der Waals surface area contributed by atoms with Gasteiger partial charge in [-0.2, -0.15) is 0 Å². The number of azo groups is 1. The second-order valence-electron chi connectivity index (χ2n) is 7.96. The highest BCUT2D eigenvalue weighted by Gasteiger charge is 2.20. The lowest BCUT2D eigenvalue weighted by Crippen LogP contribution is -2.31. The number of carbonyl (C=O) groups excluding carboxylic acids is 1. The largest absolute Gasteiger partial charge is 0.497 e. The van der Waals surface area contributed by atoms with E-state index in [1.54, 1.807) is 19.2 Å². The zero-order valence-corrected chi connectivity index (χ0v) is 20.4. The molecule has 2 heterocycles. The van der Waals surface area contributed by atoms with Gasteiger partial charge in [0.05, 0.1) is 25.5 Å². The van der Waals surface area contributed by atoms with Crippen molar-refractivity contribution in [3.8, 4) is 11.6 Å².